The van der Waals surface area contributed by atoms with Crippen LogP contribution in [0.1, 0.15) is 9.60 Å². The Labute approximate surface area is 123 Å². The summed E-state index contributed by atoms with van der Waals surface area (Å²) in [6.45, 7) is 0. The van der Waals surface area contributed by atoms with Crippen molar-refractivity contribution in [2.75, 3.05) is 0 Å². The highest BCUT2D eigenvalue weighted by Crippen LogP contribution is 2.23. The van der Waals surface area contributed by atoms with Crippen molar-refractivity contribution in [2.24, 2.45) is 0 Å². The number of nitrogens with zero attached hydrogens (tertiary/aromatic N) is 3. The first-order valence-corrected chi connectivity index (χ1v) is 5.48. The number of benzene rings is 2. The molecule has 5 heteroatoms. The van der Waals surface area contributed by atoms with E-state index in [0.29, 0.717) is 0 Å². The van der Waals surface area contributed by atoms with Gasteiger partial charge in [-0.15, -0.1) is 0 Å². The van der Waals surface area contributed by atoms with Crippen LogP contribution in [-0.2, 0) is 0 Å². The average molecular weight is 283 g/mol. The van der Waals surface area contributed by atoms with Crippen LogP contribution < -0.4 is 0 Å². The van der Waals surface area contributed by atoms with Gasteiger partial charge in [-0.25, -0.2) is 0 Å². The van der Waals surface area contributed by atoms with Gasteiger partial charge in [0.25, 0.3) is 0 Å². The maximum absolute atomic E-state index is 8.32. The second-order valence-corrected chi connectivity index (χ2v) is 3.87. The van der Waals surface area contributed by atoms with E-state index in [1.165, 1.54) is 0 Å². The summed E-state index contributed by atoms with van der Waals surface area (Å²) in [6.07, 6.45) is 0. The lowest BCUT2D eigenvalue weighted by atomic mass is 10.1. The first-order valence-electron chi connectivity index (χ1n) is 8.22. The fourth-order valence-corrected chi connectivity index (χ4v) is 1.69. The first kappa shape index (κ1) is 5.95. The van der Waals surface area contributed by atoms with Gasteiger partial charge >= 0.3 is 0 Å². The molecule has 0 N–H and O–H groups in total. The van der Waals surface area contributed by atoms with Gasteiger partial charge in [-0.2, -0.15) is 15.0 Å². The Morgan fingerprint density at radius 1 is 0.833 bits per heavy atom. The van der Waals surface area contributed by atoms with Gasteiger partial charge in [0, 0.05) is 5.56 Å². The van der Waals surface area contributed by atoms with E-state index in [4.69, 9.17) is 32.8 Å². The molecule has 1 heterocycles. The van der Waals surface area contributed by atoms with Crippen LogP contribution in [0, 0.1) is 0 Å². The Morgan fingerprint density at radius 3 is 2.22 bits per heavy atom. The maximum Gasteiger partial charge on any atom is 0.227 e. The molecule has 0 aliphatic carbocycles. The minimum atomic E-state index is -0.541. The van der Waals surface area contributed by atoms with Crippen LogP contribution >= 0.6 is 23.2 Å². The Morgan fingerprint density at radius 2 is 1.50 bits per heavy atom. The monoisotopic (exact) mass is 282 g/mol. The van der Waals surface area contributed by atoms with E-state index >= 15 is 0 Å². The fraction of sp³-hybridized carbons (Fsp3) is 0. The van der Waals surface area contributed by atoms with Crippen molar-refractivity contribution in [1.29, 1.82) is 0 Å². The Balaban J connectivity index is 2.56. The van der Waals surface area contributed by atoms with Gasteiger partial charge in [0.1, 0.15) is 0 Å². The first-order chi connectivity index (χ1) is 11.6. The molecule has 3 rings (SSSR count). The van der Waals surface area contributed by atoms with E-state index in [-0.39, 0.29) is 32.7 Å². The van der Waals surface area contributed by atoms with Crippen LogP contribution in [0.5, 0.6) is 0 Å². The van der Waals surface area contributed by atoms with Crippen LogP contribution in [0.4, 0.5) is 0 Å². The topological polar surface area (TPSA) is 38.7 Å². The Kier molecular flexibility index (Phi) is 1.49. The molecule has 0 aliphatic heterocycles. The van der Waals surface area contributed by atoms with Gasteiger partial charge in [-0.1, -0.05) is 36.3 Å². The normalized spacial score (nSPS) is 16.2. The second kappa shape index (κ2) is 4.52. The lowest BCUT2D eigenvalue weighted by molar-refractivity contribution is 1.06. The molecule has 0 aliphatic rings. The zero-order chi connectivity index (χ0) is 18.6. The highest BCUT2D eigenvalue weighted by Gasteiger charge is 2.06. The quantitative estimate of drug-likeness (QED) is 0.677. The average Bonchev–Trinajstić information content (AvgIpc) is 2.53. The standard InChI is InChI=1S/C13H7Cl2N3/c14-12-16-11(17-13(15)18-12)10-6-5-8-3-1-2-4-9(8)7-10/h1-7H/i1D,2D,3D,4D,5D,6D,7D. The van der Waals surface area contributed by atoms with Crippen LogP contribution in [0.2, 0.25) is 10.6 Å². The molecule has 3 aromatic rings. The smallest absolute Gasteiger partial charge is 0.198 e. The molecule has 0 atom stereocenters. The summed E-state index contributed by atoms with van der Waals surface area (Å²) < 4.78 is 56.0. The molecule has 0 spiro atoms. The number of aromatic nitrogens is 3. The van der Waals surface area contributed by atoms with Gasteiger partial charge in [-0.3, -0.25) is 0 Å². The van der Waals surface area contributed by atoms with E-state index < -0.39 is 42.3 Å². The molecule has 0 amide bonds. The van der Waals surface area contributed by atoms with Crippen molar-refractivity contribution >= 4 is 34.0 Å². The molecule has 0 saturated carbocycles. The van der Waals surface area contributed by atoms with E-state index in [0.717, 1.165) is 0 Å². The molecule has 0 saturated heterocycles. The summed E-state index contributed by atoms with van der Waals surface area (Å²) >= 11 is 11.5. The van der Waals surface area contributed by atoms with E-state index in [1.807, 2.05) is 0 Å². The van der Waals surface area contributed by atoms with Crippen LogP contribution in [-0.4, -0.2) is 15.0 Å². The van der Waals surface area contributed by atoms with Gasteiger partial charge < -0.3 is 0 Å². The zero-order valence-electron chi connectivity index (χ0n) is 15.6. The number of hydrogen-bond donors (Lipinski definition) is 0. The molecular formula is C13H7Cl2N3. The van der Waals surface area contributed by atoms with E-state index in [2.05, 4.69) is 15.0 Å². The molecule has 3 nitrogen and oxygen atoms in total. The largest absolute Gasteiger partial charge is 0.227 e. The Hall–Kier alpha value is -1.71. The van der Waals surface area contributed by atoms with Crippen molar-refractivity contribution in [3.63, 3.8) is 0 Å². The maximum atomic E-state index is 8.32. The molecule has 2 aromatic carbocycles. The van der Waals surface area contributed by atoms with Crippen LogP contribution in [0.25, 0.3) is 22.2 Å². The third-order valence-corrected chi connectivity index (χ3v) is 2.39. The molecular weight excluding hydrogens is 269 g/mol. The summed E-state index contributed by atoms with van der Waals surface area (Å²) in [5.41, 5.74) is -0.214. The minimum absolute atomic E-state index is 0.199. The predicted molar refractivity (Wildman–Crippen MR) is 72.8 cm³/mol. The van der Waals surface area contributed by atoms with E-state index in [9.17, 15) is 0 Å². The van der Waals surface area contributed by atoms with Crippen molar-refractivity contribution in [2.45, 2.75) is 0 Å². The van der Waals surface area contributed by atoms with Gasteiger partial charge in [-0.05, 0) is 40.0 Å². The molecule has 0 radical (unpaired) electrons. The predicted octanol–water partition coefficient (Wildman–Crippen LogP) is 4.00. The summed E-state index contributed by atoms with van der Waals surface area (Å²) in [6, 6.07) is -3.41. The van der Waals surface area contributed by atoms with Crippen LogP contribution in [0.3, 0.4) is 0 Å². The van der Waals surface area contributed by atoms with Gasteiger partial charge in [0.15, 0.2) is 5.82 Å². The summed E-state index contributed by atoms with van der Waals surface area (Å²) in [5.74, 6) is -0.220. The molecule has 0 fully saturated rings. The Bertz CT molecular complexity index is 1040. The van der Waals surface area contributed by atoms with Crippen molar-refractivity contribution < 1.29 is 9.60 Å². The molecule has 0 unspecified atom stereocenters. The number of hydrogen-bond acceptors (Lipinski definition) is 3. The van der Waals surface area contributed by atoms with Gasteiger partial charge in [0.2, 0.25) is 10.6 Å². The molecule has 88 valence electrons. The molecule has 0 bridgehead atoms. The van der Waals surface area contributed by atoms with Crippen LogP contribution in [0.15, 0.2) is 42.3 Å². The summed E-state index contributed by atoms with van der Waals surface area (Å²) in [7, 11) is 0. The minimum Gasteiger partial charge on any atom is -0.198 e. The van der Waals surface area contributed by atoms with Crippen molar-refractivity contribution in [3.05, 3.63) is 52.9 Å². The van der Waals surface area contributed by atoms with Crippen molar-refractivity contribution in [1.82, 2.24) is 15.0 Å². The number of rotatable bonds is 1. The summed E-state index contributed by atoms with van der Waals surface area (Å²) in [5, 5.41) is -0.948. The zero-order valence-corrected chi connectivity index (χ0v) is 10.1. The highest BCUT2D eigenvalue weighted by atomic mass is 35.5. The van der Waals surface area contributed by atoms with E-state index in [1.54, 1.807) is 0 Å². The molecule has 18 heavy (non-hydrogen) atoms. The van der Waals surface area contributed by atoms with Gasteiger partial charge in [0.05, 0.1) is 9.60 Å². The lowest BCUT2D eigenvalue weighted by Crippen LogP contribution is -1.93. The summed E-state index contributed by atoms with van der Waals surface area (Å²) in [4.78, 5) is 11.2. The molecule has 1 aromatic heterocycles. The SMILES string of the molecule is [2H]c1c([2H])c([2H])c2c([2H])c(-c3nc(Cl)nc(Cl)n3)c([2H])c([2H])c2c1[2H]. The number of halogens is 2. The third-order valence-electron chi connectivity index (χ3n) is 2.05. The fourth-order valence-electron chi connectivity index (χ4n) is 1.33. The lowest BCUT2D eigenvalue weighted by Gasteiger charge is -2.03. The second-order valence-electron chi connectivity index (χ2n) is 3.20. The highest BCUT2D eigenvalue weighted by molar-refractivity contribution is 6.31. The third kappa shape index (κ3) is 2.15. The number of fused-ring (bicyclic) bond motifs is 1. The van der Waals surface area contributed by atoms with Crippen molar-refractivity contribution in [3.8, 4) is 11.4 Å².